The highest BCUT2D eigenvalue weighted by molar-refractivity contribution is 6.03. The summed E-state index contributed by atoms with van der Waals surface area (Å²) in [6, 6.07) is 6.00. The Morgan fingerprint density at radius 1 is 0.812 bits per heavy atom. The van der Waals surface area contributed by atoms with E-state index in [-0.39, 0.29) is 23.9 Å². The number of rotatable bonds is 19. The molecule has 0 aliphatic carbocycles. The Morgan fingerprint density at radius 3 is 1.81 bits per heavy atom. The average Bonchev–Trinajstić information content (AvgIpc) is 2.76. The second-order valence-corrected chi connectivity index (χ2v) is 8.94. The summed E-state index contributed by atoms with van der Waals surface area (Å²) in [7, 11) is 0. The first kappa shape index (κ1) is 27.9. The number of carbonyl (C=O) groups is 3. The average molecular weight is 445 g/mol. The molecule has 3 N–H and O–H groups in total. The first-order chi connectivity index (χ1) is 15.5. The van der Waals surface area contributed by atoms with E-state index in [1.165, 1.54) is 71.1 Å². The molecular formula is C27H44N2O3. The number of carbonyl (C=O) groups excluding carboxylic acids is 3. The Balaban J connectivity index is 2.13. The van der Waals surface area contributed by atoms with Crippen LogP contribution in [0.15, 0.2) is 24.3 Å². The molecule has 5 nitrogen and oxygen atoms in total. The van der Waals surface area contributed by atoms with Crippen LogP contribution in [0.4, 0.5) is 5.69 Å². The van der Waals surface area contributed by atoms with E-state index in [1.54, 1.807) is 24.3 Å². The fraction of sp³-hybridized carbons (Fsp3) is 0.667. The minimum absolute atomic E-state index is 0.0616. The van der Waals surface area contributed by atoms with Crippen molar-refractivity contribution in [2.75, 3.05) is 5.73 Å². The highest BCUT2D eigenvalue weighted by Gasteiger charge is 2.22. The van der Waals surface area contributed by atoms with Crippen LogP contribution in [0.5, 0.6) is 0 Å². The summed E-state index contributed by atoms with van der Waals surface area (Å²) in [6.07, 6.45) is 16.6. The van der Waals surface area contributed by atoms with Crippen LogP contribution in [0.2, 0.25) is 0 Å². The molecule has 1 aromatic carbocycles. The minimum Gasteiger partial charge on any atom is -0.398 e. The maximum absolute atomic E-state index is 12.5. The van der Waals surface area contributed by atoms with Gasteiger partial charge in [0, 0.05) is 24.1 Å². The van der Waals surface area contributed by atoms with Crippen molar-refractivity contribution >= 4 is 23.2 Å². The maximum Gasteiger partial charge on any atom is 0.220 e. The van der Waals surface area contributed by atoms with E-state index in [1.807, 2.05) is 0 Å². The van der Waals surface area contributed by atoms with Gasteiger partial charge in [-0.2, -0.15) is 0 Å². The monoisotopic (exact) mass is 444 g/mol. The van der Waals surface area contributed by atoms with Gasteiger partial charge in [0.25, 0.3) is 0 Å². The van der Waals surface area contributed by atoms with Crippen LogP contribution >= 0.6 is 0 Å². The van der Waals surface area contributed by atoms with Gasteiger partial charge in [-0.05, 0) is 25.5 Å². The Bertz CT molecular complexity index is 687. The lowest BCUT2D eigenvalue weighted by molar-refractivity contribution is -0.126. The van der Waals surface area contributed by atoms with E-state index in [0.29, 0.717) is 17.7 Å². The van der Waals surface area contributed by atoms with E-state index in [9.17, 15) is 14.4 Å². The number of Topliss-reactive ketones (excluding diaryl/α,β-unsaturated/α-hetero) is 2. The molecule has 1 rings (SSSR count). The lowest BCUT2D eigenvalue weighted by Gasteiger charge is -2.16. The molecule has 1 unspecified atom stereocenters. The van der Waals surface area contributed by atoms with Crippen molar-refractivity contribution in [3.8, 4) is 0 Å². The van der Waals surface area contributed by atoms with Crippen LogP contribution in [0.3, 0.4) is 0 Å². The van der Waals surface area contributed by atoms with Crippen molar-refractivity contribution in [2.24, 2.45) is 0 Å². The van der Waals surface area contributed by atoms with Gasteiger partial charge in [0.05, 0.1) is 6.04 Å². The third-order valence-corrected chi connectivity index (χ3v) is 5.98. The third kappa shape index (κ3) is 12.6. The fourth-order valence-corrected chi connectivity index (χ4v) is 3.91. The van der Waals surface area contributed by atoms with Crippen LogP contribution in [-0.2, 0) is 9.59 Å². The van der Waals surface area contributed by atoms with Crippen molar-refractivity contribution in [3.05, 3.63) is 29.8 Å². The number of nitrogens with two attached hydrogens (primary N) is 1. The van der Waals surface area contributed by atoms with Gasteiger partial charge < -0.3 is 11.1 Å². The highest BCUT2D eigenvalue weighted by Crippen LogP contribution is 2.15. The summed E-state index contributed by atoms with van der Waals surface area (Å²) in [4.78, 5) is 36.6. The topological polar surface area (TPSA) is 89.3 Å². The Labute approximate surface area is 194 Å². The molecule has 0 spiro atoms. The summed E-state index contributed by atoms with van der Waals surface area (Å²) in [6.45, 7) is 3.65. The van der Waals surface area contributed by atoms with Gasteiger partial charge >= 0.3 is 0 Å². The molecule has 0 heterocycles. The predicted molar refractivity (Wildman–Crippen MR) is 133 cm³/mol. The molecular weight excluding hydrogens is 400 g/mol. The van der Waals surface area contributed by atoms with Crippen LogP contribution < -0.4 is 11.1 Å². The van der Waals surface area contributed by atoms with Crippen LogP contribution in [0, 0.1) is 0 Å². The summed E-state index contributed by atoms with van der Waals surface area (Å²) in [5.41, 5.74) is 6.62. The predicted octanol–water partition coefficient (Wildman–Crippen LogP) is 6.40. The Morgan fingerprint density at radius 2 is 1.31 bits per heavy atom. The van der Waals surface area contributed by atoms with Crippen LogP contribution in [-0.4, -0.2) is 23.5 Å². The molecule has 180 valence electrons. The first-order valence-corrected chi connectivity index (χ1v) is 12.6. The Kier molecular flexibility index (Phi) is 15.1. The smallest absolute Gasteiger partial charge is 0.220 e. The minimum atomic E-state index is -0.795. The van der Waals surface area contributed by atoms with Gasteiger partial charge in [0.2, 0.25) is 5.91 Å². The molecule has 0 saturated heterocycles. The zero-order valence-electron chi connectivity index (χ0n) is 20.3. The normalized spacial score (nSPS) is 11.8. The number of para-hydroxylation sites is 1. The molecule has 0 aromatic heterocycles. The molecule has 1 aromatic rings. The molecule has 0 bridgehead atoms. The lowest BCUT2D eigenvalue weighted by Crippen LogP contribution is -2.41. The van der Waals surface area contributed by atoms with Crippen LogP contribution in [0.25, 0.3) is 0 Å². The van der Waals surface area contributed by atoms with Crippen molar-refractivity contribution in [1.82, 2.24) is 5.32 Å². The number of nitrogen functional groups attached to an aromatic ring is 1. The maximum atomic E-state index is 12.5. The number of nitrogens with one attached hydrogen (secondary N) is 1. The summed E-state index contributed by atoms with van der Waals surface area (Å²) < 4.78 is 0. The molecule has 1 amide bonds. The van der Waals surface area contributed by atoms with E-state index >= 15 is 0 Å². The van der Waals surface area contributed by atoms with Gasteiger partial charge in [-0.1, -0.05) is 96.1 Å². The second kappa shape index (κ2) is 17.4. The third-order valence-electron chi connectivity index (χ3n) is 5.98. The number of anilines is 1. The number of hydrogen-bond acceptors (Lipinski definition) is 4. The molecule has 1 atom stereocenters. The fourth-order valence-electron chi connectivity index (χ4n) is 3.91. The largest absolute Gasteiger partial charge is 0.398 e. The van der Waals surface area contributed by atoms with Crippen molar-refractivity contribution in [1.29, 1.82) is 0 Å². The van der Waals surface area contributed by atoms with E-state index in [4.69, 9.17) is 5.73 Å². The first-order valence-electron chi connectivity index (χ1n) is 12.6. The molecule has 0 fully saturated rings. The molecule has 0 aliphatic rings. The number of hydrogen-bond donors (Lipinski definition) is 2. The molecule has 32 heavy (non-hydrogen) atoms. The lowest BCUT2D eigenvalue weighted by atomic mass is 10.00. The van der Waals surface area contributed by atoms with E-state index < -0.39 is 6.04 Å². The number of unbranched alkanes of at least 4 members (excludes halogenated alkanes) is 12. The highest BCUT2D eigenvalue weighted by atomic mass is 16.2. The zero-order valence-corrected chi connectivity index (χ0v) is 20.3. The summed E-state index contributed by atoms with van der Waals surface area (Å²) in [5, 5.41) is 2.73. The standard InChI is InChI=1S/C27H44N2O3/c1-3-4-5-6-7-8-9-10-11-12-13-14-15-20-27(32)29-25(22(2)30)21-26(31)23-18-16-17-19-24(23)28/h16-19,25H,3-15,20-21,28H2,1-2H3,(H,29,32). The Hall–Kier alpha value is -2.17. The van der Waals surface area contributed by atoms with Crippen molar-refractivity contribution in [3.63, 3.8) is 0 Å². The second-order valence-electron chi connectivity index (χ2n) is 8.94. The quantitative estimate of drug-likeness (QED) is 0.147. The van der Waals surface area contributed by atoms with Gasteiger partial charge in [-0.25, -0.2) is 0 Å². The van der Waals surface area contributed by atoms with E-state index in [2.05, 4.69) is 12.2 Å². The van der Waals surface area contributed by atoms with Gasteiger partial charge in [0.1, 0.15) is 0 Å². The van der Waals surface area contributed by atoms with E-state index in [0.717, 1.165) is 19.3 Å². The molecule has 0 radical (unpaired) electrons. The number of benzene rings is 1. The van der Waals surface area contributed by atoms with Crippen molar-refractivity contribution < 1.29 is 14.4 Å². The molecule has 0 aliphatic heterocycles. The summed E-state index contributed by atoms with van der Waals surface area (Å²) in [5.74, 6) is -0.613. The molecule has 0 saturated carbocycles. The zero-order chi connectivity index (χ0) is 23.6. The SMILES string of the molecule is CCCCCCCCCCCCCCCC(=O)NC(CC(=O)c1ccccc1N)C(C)=O. The number of amides is 1. The summed E-state index contributed by atoms with van der Waals surface area (Å²) >= 11 is 0. The van der Waals surface area contributed by atoms with Crippen molar-refractivity contribution in [2.45, 2.75) is 116 Å². The van der Waals surface area contributed by atoms with Gasteiger partial charge in [0.15, 0.2) is 11.6 Å². The van der Waals surface area contributed by atoms with Crippen LogP contribution in [0.1, 0.15) is 121 Å². The van der Waals surface area contributed by atoms with Gasteiger partial charge in [-0.15, -0.1) is 0 Å². The van der Waals surface area contributed by atoms with Gasteiger partial charge in [-0.3, -0.25) is 14.4 Å². The molecule has 5 heteroatoms. The number of ketones is 2.